The third-order valence-electron chi connectivity index (χ3n) is 1.91. The molecule has 0 saturated carbocycles. The van der Waals surface area contributed by atoms with Crippen LogP contribution in [0, 0.1) is 5.82 Å². The number of carboxylic acid groups (broad SMARTS) is 1. The van der Waals surface area contributed by atoms with Crippen molar-refractivity contribution >= 4 is 31.7 Å². The van der Waals surface area contributed by atoms with Gasteiger partial charge < -0.3 is 5.11 Å². The highest BCUT2D eigenvalue weighted by molar-refractivity contribution is 9.10. The Labute approximate surface area is 108 Å². The zero-order chi connectivity index (χ0) is 14.1. The molecule has 1 rings (SSSR count). The van der Waals surface area contributed by atoms with E-state index in [4.69, 9.17) is 5.11 Å². The highest BCUT2D eigenvalue weighted by atomic mass is 79.9. The topological polar surface area (TPSA) is 71.4 Å². The van der Waals surface area contributed by atoms with Gasteiger partial charge in [-0.25, -0.2) is 26.4 Å². The van der Waals surface area contributed by atoms with Gasteiger partial charge in [0.2, 0.25) is 0 Å². The molecule has 0 aliphatic carbocycles. The average Bonchev–Trinajstić information content (AvgIpc) is 2.18. The minimum absolute atomic E-state index is 0.0332. The Hall–Kier alpha value is -1.09. The number of sulfone groups is 1. The summed E-state index contributed by atoms with van der Waals surface area (Å²) in [4.78, 5) is 9.61. The van der Waals surface area contributed by atoms with Crippen LogP contribution in [0.25, 0.3) is 0 Å². The maximum absolute atomic E-state index is 13.6. The van der Waals surface area contributed by atoms with Crippen molar-refractivity contribution in [3.05, 3.63) is 28.0 Å². The molecule has 4 nitrogen and oxygen atoms in total. The van der Waals surface area contributed by atoms with Crippen LogP contribution in [0.1, 0.15) is 10.4 Å². The highest BCUT2D eigenvalue weighted by Gasteiger charge is 2.27. The van der Waals surface area contributed by atoms with Crippen LogP contribution >= 0.6 is 15.9 Å². The predicted octanol–water partition coefficient (Wildman–Crippen LogP) is 2.33. The molecule has 100 valence electrons. The van der Waals surface area contributed by atoms with Crippen LogP contribution in [-0.4, -0.2) is 31.7 Å². The summed E-state index contributed by atoms with van der Waals surface area (Å²) in [5.41, 5.74) is -0.905. The van der Waals surface area contributed by atoms with Gasteiger partial charge in [-0.2, -0.15) is 0 Å². The van der Waals surface area contributed by atoms with Crippen molar-refractivity contribution in [2.45, 2.75) is 11.3 Å². The number of halogens is 4. The van der Waals surface area contributed by atoms with Crippen molar-refractivity contribution in [3.8, 4) is 0 Å². The van der Waals surface area contributed by atoms with Crippen LogP contribution in [0.15, 0.2) is 21.5 Å². The molecule has 0 unspecified atom stereocenters. The third-order valence-corrected chi connectivity index (χ3v) is 4.03. The molecule has 0 radical (unpaired) electrons. The quantitative estimate of drug-likeness (QED) is 0.908. The van der Waals surface area contributed by atoms with E-state index in [0.29, 0.717) is 0 Å². The molecule has 0 heterocycles. The van der Waals surface area contributed by atoms with E-state index in [2.05, 4.69) is 15.9 Å². The molecular formula is C9H6BrF3O4S. The van der Waals surface area contributed by atoms with Gasteiger partial charge in [-0.05, 0) is 12.1 Å². The van der Waals surface area contributed by atoms with Crippen LogP contribution in [0.2, 0.25) is 0 Å². The fourth-order valence-electron chi connectivity index (χ4n) is 1.20. The molecule has 0 saturated heterocycles. The molecule has 1 aromatic carbocycles. The molecule has 1 N–H and O–H groups in total. The molecular weight excluding hydrogens is 341 g/mol. The second-order valence-electron chi connectivity index (χ2n) is 3.24. The summed E-state index contributed by atoms with van der Waals surface area (Å²) >= 11 is 2.79. The van der Waals surface area contributed by atoms with Gasteiger partial charge in [-0.1, -0.05) is 15.9 Å². The lowest BCUT2D eigenvalue weighted by Gasteiger charge is -2.08. The van der Waals surface area contributed by atoms with E-state index in [1.165, 1.54) is 0 Å². The van der Waals surface area contributed by atoms with Crippen LogP contribution in [0.5, 0.6) is 0 Å². The predicted molar refractivity (Wildman–Crippen MR) is 59.1 cm³/mol. The standard InChI is InChI=1S/C9H6BrF3O4S/c10-4-1-5(9(14)15)8(13)6(2-4)18(16,17)3-7(11)12/h1-2,7H,3H2,(H,14,15). The Morgan fingerprint density at radius 3 is 2.39 bits per heavy atom. The number of hydrogen-bond acceptors (Lipinski definition) is 3. The van der Waals surface area contributed by atoms with Gasteiger partial charge in [0.05, 0.1) is 5.56 Å². The number of rotatable bonds is 4. The fraction of sp³-hybridized carbons (Fsp3) is 0.222. The second kappa shape index (κ2) is 5.27. The summed E-state index contributed by atoms with van der Waals surface area (Å²) in [6, 6.07) is 1.60. The highest BCUT2D eigenvalue weighted by Crippen LogP contribution is 2.25. The Morgan fingerprint density at radius 1 is 1.39 bits per heavy atom. The van der Waals surface area contributed by atoms with Gasteiger partial charge in [0.25, 0.3) is 6.43 Å². The number of benzene rings is 1. The van der Waals surface area contributed by atoms with Crippen molar-refractivity contribution in [2.24, 2.45) is 0 Å². The number of hydrogen-bond donors (Lipinski definition) is 1. The van der Waals surface area contributed by atoms with Crippen LogP contribution in [-0.2, 0) is 9.84 Å². The summed E-state index contributed by atoms with van der Waals surface area (Å²) in [5.74, 6) is -4.81. The van der Waals surface area contributed by atoms with E-state index < -0.39 is 44.3 Å². The summed E-state index contributed by atoms with van der Waals surface area (Å²) in [7, 11) is -4.59. The summed E-state index contributed by atoms with van der Waals surface area (Å²) in [6.45, 7) is 0. The van der Waals surface area contributed by atoms with Crippen LogP contribution in [0.3, 0.4) is 0 Å². The van der Waals surface area contributed by atoms with Gasteiger partial charge >= 0.3 is 5.97 Å². The van der Waals surface area contributed by atoms with E-state index in [9.17, 15) is 26.4 Å². The Bertz CT molecular complexity index is 586. The number of alkyl halides is 2. The summed E-state index contributed by atoms with van der Waals surface area (Å²) in [5, 5.41) is 8.66. The van der Waals surface area contributed by atoms with Gasteiger partial charge in [0.1, 0.15) is 10.6 Å². The average molecular weight is 347 g/mol. The van der Waals surface area contributed by atoms with E-state index in [0.717, 1.165) is 12.1 Å². The van der Waals surface area contributed by atoms with Crippen molar-refractivity contribution in [1.29, 1.82) is 0 Å². The van der Waals surface area contributed by atoms with E-state index in [1.54, 1.807) is 0 Å². The number of carbonyl (C=O) groups is 1. The first-order valence-corrected chi connectivity index (χ1v) is 6.83. The first-order valence-electron chi connectivity index (χ1n) is 4.38. The minimum atomic E-state index is -4.59. The number of carboxylic acids is 1. The maximum atomic E-state index is 13.6. The molecule has 1 aromatic rings. The van der Waals surface area contributed by atoms with Crippen molar-refractivity contribution < 1.29 is 31.5 Å². The van der Waals surface area contributed by atoms with E-state index in [-0.39, 0.29) is 4.47 Å². The molecule has 0 aromatic heterocycles. The third kappa shape index (κ3) is 3.22. The molecule has 0 aliphatic heterocycles. The van der Waals surface area contributed by atoms with Crippen molar-refractivity contribution in [1.82, 2.24) is 0 Å². The Morgan fingerprint density at radius 2 is 1.94 bits per heavy atom. The SMILES string of the molecule is O=C(O)c1cc(Br)cc(S(=O)(=O)CC(F)F)c1F. The van der Waals surface area contributed by atoms with Crippen LogP contribution < -0.4 is 0 Å². The Kier molecular flexibility index (Phi) is 4.38. The Balaban J connectivity index is 3.47. The lowest BCUT2D eigenvalue weighted by atomic mass is 10.2. The zero-order valence-electron chi connectivity index (χ0n) is 8.53. The minimum Gasteiger partial charge on any atom is -0.478 e. The maximum Gasteiger partial charge on any atom is 0.338 e. The zero-order valence-corrected chi connectivity index (χ0v) is 10.9. The lowest BCUT2D eigenvalue weighted by Crippen LogP contribution is -2.17. The molecule has 18 heavy (non-hydrogen) atoms. The van der Waals surface area contributed by atoms with Crippen molar-refractivity contribution in [2.75, 3.05) is 5.75 Å². The summed E-state index contributed by atoms with van der Waals surface area (Å²) < 4.78 is 60.7. The molecule has 0 atom stereocenters. The molecule has 0 amide bonds. The van der Waals surface area contributed by atoms with Gasteiger partial charge in [-0.3, -0.25) is 0 Å². The normalized spacial score (nSPS) is 11.8. The number of aromatic carboxylic acids is 1. The van der Waals surface area contributed by atoms with Crippen molar-refractivity contribution in [3.63, 3.8) is 0 Å². The monoisotopic (exact) mass is 346 g/mol. The van der Waals surface area contributed by atoms with Crippen LogP contribution in [0.4, 0.5) is 13.2 Å². The van der Waals surface area contributed by atoms with E-state index in [1.807, 2.05) is 0 Å². The summed E-state index contributed by atoms with van der Waals surface area (Å²) in [6.07, 6.45) is -3.18. The lowest BCUT2D eigenvalue weighted by molar-refractivity contribution is 0.0691. The first-order chi connectivity index (χ1) is 8.15. The fourth-order valence-corrected chi connectivity index (χ4v) is 3.01. The second-order valence-corrected chi connectivity index (χ2v) is 6.16. The van der Waals surface area contributed by atoms with Gasteiger partial charge in [-0.15, -0.1) is 0 Å². The molecule has 9 heteroatoms. The smallest absolute Gasteiger partial charge is 0.338 e. The van der Waals surface area contributed by atoms with Gasteiger partial charge in [0, 0.05) is 4.47 Å². The molecule has 0 aliphatic rings. The van der Waals surface area contributed by atoms with Gasteiger partial charge in [0.15, 0.2) is 15.7 Å². The molecule has 0 fully saturated rings. The first kappa shape index (κ1) is 15.0. The largest absolute Gasteiger partial charge is 0.478 e. The molecule has 0 bridgehead atoms. The molecule has 0 spiro atoms. The van der Waals surface area contributed by atoms with E-state index >= 15 is 0 Å².